The van der Waals surface area contributed by atoms with Crippen molar-refractivity contribution >= 4 is 5.97 Å². The minimum absolute atomic E-state index is 0.358. The van der Waals surface area contributed by atoms with Gasteiger partial charge < -0.3 is 10.1 Å². The Kier molecular flexibility index (Phi) is 4.17. The van der Waals surface area contributed by atoms with Crippen molar-refractivity contribution in [1.29, 1.82) is 0 Å². The van der Waals surface area contributed by atoms with Crippen LogP contribution in [0.2, 0.25) is 0 Å². The zero-order valence-corrected chi connectivity index (χ0v) is 10.6. The largest absolute Gasteiger partial charge is 0.456 e. The summed E-state index contributed by atoms with van der Waals surface area (Å²) in [6.45, 7) is 5.09. The van der Waals surface area contributed by atoms with Crippen molar-refractivity contribution in [1.82, 2.24) is 10.2 Å². The van der Waals surface area contributed by atoms with Gasteiger partial charge in [-0.25, -0.2) is 4.79 Å². The van der Waals surface area contributed by atoms with E-state index < -0.39 is 24.4 Å². The summed E-state index contributed by atoms with van der Waals surface area (Å²) in [5.74, 6) is -4.67. The molecular weight excluding hydrogens is 242 g/mol. The van der Waals surface area contributed by atoms with E-state index in [0.29, 0.717) is 12.6 Å². The fourth-order valence-electron chi connectivity index (χ4n) is 2.69. The van der Waals surface area contributed by atoms with Gasteiger partial charge in [0.1, 0.15) is 6.10 Å². The van der Waals surface area contributed by atoms with Gasteiger partial charge in [-0.2, -0.15) is 8.78 Å². The molecule has 0 aliphatic carbocycles. The average Bonchev–Trinajstić information content (AvgIpc) is 2.61. The highest BCUT2D eigenvalue weighted by molar-refractivity contribution is 5.79. The van der Waals surface area contributed by atoms with Crippen LogP contribution in [0, 0.1) is 0 Å². The number of piperidine rings is 1. The molecule has 2 saturated heterocycles. The predicted octanol–water partition coefficient (Wildman–Crippen LogP) is 1.01. The lowest BCUT2D eigenvalue weighted by Gasteiger charge is -2.34. The summed E-state index contributed by atoms with van der Waals surface area (Å²) in [5, 5.41) is 3.30. The number of rotatable bonds is 4. The molecule has 0 aromatic carbocycles. The van der Waals surface area contributed by atoms with Crippen LogP contribution in [0.4, 0.5) is 8.78 Å². The van der Waals surface area contributed by atoms with Gasteiger partial charge in [-0.05, 0) is 25.9 Å². The summed E-state index contributed by atoms with van der Waals surface area (Å²) in [6.07, 6.45) is 1.01. The number of hydrogen-bond acceptors (Lipinski definition) is 4. The molecule has 0 amide bonds. The molecule has 18 heavy (non-hydrogen) atoms. The maximum absolute atomic E-state index is 13.1. The van der Waals surface area contributed by atoms with E-state index in [1.54, 1.807) is 0 Å². The maximum Gasteiger partial charge on any atom is 0.377 e. The molecule has 2 rings (SSSR count). The summed E-state index contributed by atoms with van der Waals surface area (Å²) in [4.78, 5) is 13.1. The zero-order valence-electron chi connectivity index (χ0n) is 10.6. The molecule has 2 aliphatic rings. The van der Waals surface area contributed by atoms with E-state index in [1.807, 2.05) is 6.92 Å². The minimum Gasteiger partial charge on any atom is -0.456 e. The highest BCUT2D eigenvalue weighted by Gasteiger charge is 2.51. The van der Waals surface area contributed by atoms with Crippen LogP contribution < -0.4 is 5.32 Å². The Hall–Kier alpha value is -0.750. The van der Waals surface area contributed by atoms with Crippen molar-refractivity contribution in [2.45, 2.75) is 44.3 Å². The molecule has 2 fully saturated rings. The molecule has 0 aromatic heterocycles. The van der Waals surface area contributed by atoms with E-state index in [2.05, 4.69) is 10.2 Å². The Labute approximate surface area is 106 Å². The van der Waals surface area contributed by atoms with Gasteiger partial charge in [-0.3, -0.25) is 4.90 Å². The minimum atomic E-state index is -3.30. The highest BCUT2D eigenvalue weighted by atomic mass is 19.3. The number of nitrogens with one attached hydrogen (secondary N) is 1. The molecule has 0 bridgehead atoms. The molecule has 4 nitrogen and oxygen atoms in total. The van der Waals surface area contributed by atoms with Crippen LogP contribution in [0.1, 0.15) is 26.2 Å². The summed E-state index contributed by atoms with van der Waals surface area (Å²) in [7, 11) is 0. The van der Waals surface area contributed by atoms with Crippen LogP contribution in [0.25, 0.3) is 0 Å². The van der Waals surface area contributed by atoms with Gasteiger partial charge in [0.25, 0.3) is 0 Å². The first kappa shape index (κ1) is 13.7. The first-order valence-electron chi connectivity index (χ1n) is 6.56. The van der Waals surface area contributed by atoms with Crippen LogP contribution in [0.15, 0.2) is 0 Å². The molecule has 2 heterocycles. The number of carbonyl (C=O) groups is 1. The van der Waals surface area contributed by atoms with Gasteiger partial charge in [0, 0.05) is 19.1 Å². The van der Waals surface area contributed by atoms with Crippen molar-refractivity contribution < 1.29 is 18.3 Å². The molecule has 0 radical (unpaired) electrons. The van der Waals surface area contributed by atoms with E-state index >= 15 is 0 Å². The van der Waals surface area contributed by atoms with Crippen molar-refractivity contribution in [2.75, 3.05) is 26.2 Å². The number of cyclic esters (lactones) is 1. The molecular formula is C12H20F2N2O2. The average molecular weight is 262 g/mol. The molecule has 0 saturated carbocycles. The quantitative estimate of drug-likeness (QED) is 0.768. The monoisotopic (exact) mass is 262 g/mol. The molecule has 0 aromatic rings. The number of halogens is 2. The van der Waals surface area contributed by atoms with Crippen LogP contribution >= 0.6 is 0 Å². The van der Waals surface area contributed by atoms with Crippen LogP contribution in [-0.2, 0) is 9.53 Å². The molecule has 0 spiro atoms. The zero-order chi connectivity index (χ0) is 13.2. The lowest BCUT2D eigenvalue weighted by Crippen LogP contribution is -2.48. The van der Waals surface area contributed by atoms with Gasteiger partial charge in [0.2, 0.25) is 0 Å². The van der Waals surface area contributed by atoms with Gasteiger partial charge >= 0.3 is 11.9 Å². The van der Waals surface area contributed by atoms with Gasteiger partial charge in [0.15, 0.2) is 0 Å². The first-order chi connectivity index (χ1) is 8.53. The number of ether oxygens (including phenoxy) is 1. The standard InChI is InChI=1S/C12H20F2N2O2/c1-2-16(9-4-3-5-15-7-9)8-10-6-12(13,14)11(17)18-10/h9-10,15H,2-8H2,1H3. The second-order valence-electron chi connectivity index (χ2n) is 5.02. The van der Waals surface area contributed by atoms with Crippen LogP contribution in [-0.4, -0.2) is 55.1 Å². The smallest absolute Gasteiger partial charge is 0.377 e. The summed E-state index contributed by atoms with van der Waals surface area (Å²) in [6, 6.07) is 0.358. The van der Waals surface area contributed by atoms with E-state index in [1.165, 1.54) is 0 Å². The Bertz CT molecular complexity index is 306. The van der Waals surface area contributed by atoms with Crippen molar-refractivity contribution in [3.8, 4) is 0 Å². The normalized spacial score (nSPS) is 31.7. The van der Waals surface area contributed by atoms with Crippen LogP contribution in [0.5, 0.6) is 0 Å². The molecule has 6 heteroatoms. The van der Waals surface area contributed by atoms with Crippen LogP contribution in [0.3, 0.4) is 0 Å². The van der Waals surface area contributed by atoms with Crippen molar-refractivity contribution in [3.63, 3.8) is 0 Å². The third-order valence-corrected chi connectivity index (χ3v) is 3.69. The van der Waals surface area contributed by atoms with E-state index in [4.69, 9.17) is 4.74 Å². The van der Waals surface area contributed by atoms with Gasteiger partial charge in [0.05, 0.1) is 6.42 Å². The Morgan fingerprint density at radius 1 is 1.56 bits per heavy atom. The second kappa shape index (κ2) is 5.48. The number of carbonyl (C=O) groups excluding carboxylic acids is 1. The second-order valence-corrected chi connectivity index (χ2v) is 5.02. The molecule has 2 atom stereocenters. The fraction of sp³-hybridized carbons (Fsp3) is 0.917. The summed E-state index contributed by atoms with van der Waals surface area (Å²) in [5.41, 5.74) is 0. The highest BCUT2D eigenvalue weighted by Crippen LogP contribution is 2.31. The first-order valence-corrected chi connectivity index (χ1v) is 6.56. The number of hydrogen-bond donors (Lipinski definition) is 1. The van der Waals surface area contributed by atoms with E-state index in [9.17, 15) is 13.6 Å². The van der Waals surface area contributed by atoms with Gasteiger partial charge in [-0.1, -0.05) is 6.92 Å². The van der Waals surface area contributed by atoms with E-state index in [0.717, 1.165) is 32.5 Å². The SMILES string of the molecule is CCN(CC1CC(F)(F)C(=O)O1)C1CCCNC1. The summed E-state index contributed by atoms with van der Waals surface area (Å²) >= 11 is 0. The molecule has 1 N–H and O–H groups in total. The lowest BCUT2D eigenvalue weighted by molar-refractivity contribution is -0.159. The molecule has 104 valence electrons. The lowest BCUT2D eigenvalue weighted by atomic mass is 10.0. The number of esters is 1. The molecule has 2 aliphatic heterocycles. The Morgan fingerprint density at radius 3 is 2.83 bits per heavy atom. The van der Waals surface area contributed by atoms with Crippen molar-refractivity contribution in [2.24, 2.45) is 0 Å². The third-order valence-electron chi connectivity index (χ3n) is 3.69. The maximum atomic E-state index is 13.1. The third kappa shape index (κ3) is 2.98. The fourth-order valence-corrected chi connectivity index (χ4v) is 2.69. The Morgan fingerprint density at radius 2 is 2.33 bits per heavy atom. The molecule has 2 unspecified atom stereocenters. The predicted molar refractivity (Wildman–Crippen MR) is 62.6 cm³/mol. The van der Waals surface area contributed by atoms with E-state index in [-0.39, 0.29) is 0 Å². The Balaban J connectivity index is 1.89. The number of alkyl halides is 2. The van der Waals surface area contributed by atoms with Crippen molar-refractivity contribution in [3.05, 3.63) is 0 Å². The number of nitrogens with zero attached hydrogens (tertiary/aromatic N) is 1. The number of likely N-dealkylation sites (N-methyl/N-ethyl adjacent to an activating group) is 1. The van der Waals surface area contributed by atoms with Gasteiger partial charge in [-0.15, -0.1) is 0 Å². The topological polar surface area (TPSA) is 41.6 Å². The summed E-state index contributed by atoms with van der Waals surface area (Å²) < 4.78 is 30.9.